The summed E-state index contributed by atoms with van der Waals surface area (Å²) in [4.78, 5) is 2.22. The van der Waals surface area contributed by atoms with Crippen LogP contribution in [-0.2, 0) is 6.42 Å². The van der Waals surface area contributed by atoms with Crippen LogP contribution in [0.25, 0.3) is 0 Å². The summed E-state index contributed by atoms with van der Waals surface area (Å²) in [7, 11) is 6.91. The topological polar surface area (TPSA) is 51.2 Å². The lowest BCUT2D eigenvalue weighted by molar-refractivity contribution is 0.0587. The van der Waals surface area contributed by atoms with Crippen molar-refractivity contribution in [3.8, 4) is 17.2 Å². The Kier molecular flexibility index (Phi) is 8.20. The molecule has 0 heterocycles. The molecule has 0 saturated carbocycles. The predicted octanol–water partition coefficient (Wildman–Crippen LogP) is 2.74. The van der Waals surface area contributed by atoms with Gasteiger partial charge in [0.2, 0.25) is 5.75 Å². The van der Waals surface area contributed by atoms with Gasteiger partial charge in [-0.25, -0.2) is 0 Å². The summed E-state index contributed by atoms with van der Waals surface area (Å²) >= 11 is 0. The van der Waals surface area contributed by atoms with Gasteiger partial charge in [0, 0.05) is 12.6 Å². The highest BCUT2D eigenvalue weighted by atomic mass is 16.5. The van der Waals surface area contributed by atoms with E-state index in [4.69, 9.17) is 14.2 Å². The van der Waals surface area contributed by atoms with Gasteiger partial charge in [-0.15, -0.1) is 0 Å². The van der Waals surface area contributed by atoms with E-state index in [1.165, 1.54) is 0 Å². The number of aliphatic hydroxyl groups excluding tert-OH is 1. The molecule has 0 fully saturated rings. The molecule has 23 heavy (non-hydrogen) atoms. The van der Waals surface area contributed by atoms with Crippen molar-refractivity contribution in [2.75, 3.05) is 34.9 Å². The zero-order valence-electron chi connectivity index (χ0n) is 15.3. The summed E-state index contributed by atoms with van der Waals surface area (Å²) in [6.45, 7) is 4.98. The van der Waals surface area contributed by atoms with Crippen molar-refractivity contribution < 1.29 is 19.3 Å². The number of hydrogen-bond acceptors (Lipinski definition) is 5. The van der Waals surface area contributed by atoms with Gasteiger partial charge in [-0.3, -0.25) is 0 Å². The average molecular weight is 325 g/mol. The molecule has 0 aromatic heterocycles. The number of benzene rings is 1. The third-order valence-corrected chi connectivity index (χ3v) is 4.32. The first-order valence-corrected chi connectivity index (χ1v) is 8.19. The molecule has 1 aromatic carbocycles. The highest BCUT2D eigenvalue weighted by molar-refractivity contribution is 5.53. The number of hydrogen-bond donors (Lipinski definition) is 1. The molecule has 0 amide bonds. The summed E-state index contributed by atoms with van der Waals surface area (Å²) in [6, 6.07) is 4.14. The molecule has 0 bridgehead atoms. The van der Waals surface area contributed by atoms with Crippen LogP contribution in [0, 0.1) is 0 Å². The Bertz CT molecular complexity index is 453. The Morgan fingerprint density at radius 2 is 1.57 bits per heavy atom. The minimum atomic E-state index is -0.287. The fourth-order valence-corrected chi connectivity index (χ4v) is 2.90. The van der Waals surface area contributed by atoms with Crippen LogP contribution in [0.1, 0.15) is 32.3 Å². The van der Waals surface area contributed by atoms with E-state index >= 15 is 0 Å². The predicted molar refractivity (Wildman–Crippen MR) is 92.8 cm³/mol. The van der Waals surface area contributed by atoms with E-state index < -0.39 is 0 Å². The van der Waals surface area contributed by atoms with Crippen LogP contribution in [0.5, 0.6) is 17.2 Å². The van der Waals surface area contributed by atoms with Gasteiger partial charge in [-0.1, -0.05) is 13.8 Å². The minimum absolute atomic E-state index is 0.182. The van der Waals surface area contributed by atoms with Gasteiger partial charge >= 0.3 is 0 Å². The lowest BCUT2D eigenvalue weighted by atomic mass is 10.0. The summed E-state index contributed by atoms with van der Waals surface area (Å²) in [6.07, 6.45) is 2.26. The van der Waals surface area contributed by atoms with Crippen molar-refractivity contribution in [2.45, 2.75) is 45.3 Å². The van der Waals surface area contributed by atoms with Gasteiger partial charge in [-0.05, 0) is 44.0 Å². The fraction of sp³-hybridized carbons (Fsp3) is 0.667. The lowest BCUT2D eigenvalue weighted by Gasteiger charge is -2.30. The molecule has 2 unspecified atom stereocenters. The third kappa shape index (κ3) is 5.01. The van der Waals surface area contributed by atoms with E-state index in [2.05, 4.69) is 18.9 Å². The minimum Gasteiger partial charge on any atom is -0.493 e. The molecule has 0 radical (unpaired) electrons. The number of ether oxygens (including phenoxy) is 3. The Morgan fingerprint density at radius 1 is 1.00 bits per heavy atom. The first kappa shape index (κ1) is 19.6. The Labute approximate surface area is 140 Å². The third-order valence-electron chi connectivity index (χ3n) is 4.32. The fourth-order valence-electron chi connectivity index (χ4n) is 2.90. The van der Waals surface area contributed by atoms with E-state index in [0.717, 1.165) is 31.4 Å². The second-order valence-corrected chi connectivity index (χ2v) is 5.72. The maximum Gasteiger partial charge on any atom is 0.203 e. The quantitative estimate of drug-likeness (QED) is 0.717. The summed E-state index contributed by atoms with van der Waals surface area (Å²) in [5.74, 6) is 1.95. The first-order chi connectivity index (χ1) is 11.0. The molecule has 0 spiro atoms. The van der Waals surface area contributed by atoms with Crippen LogP contribution in [0.4, 0.5) is 0 Å². The van der Waals surface area contributed by atoms with Crippen molar-refractivity contribution in [3.63, 3.8) is 0 Å². The first-order valence-electron chi connectivity index (χ1n) is 8.19. The van der Waals surface area contributed by atoms with Crippen LogP contribution >= 0.6 is 0 Å². The highest BCUT2D eigenvalue weighted by Gasteiger charge is 2.20. The molecule has 0 aliphatic rings. The van der Waals surface area contributed by atoms with Crippen LogP contribution in [0.3, 0.4) is 0 Å². The van der Waals surface area contributed by atoms with Crippen molar-refractivity contribution in [1.29, 1.82) is 0 Å². The molecule has 2 atom stereocenters. The van der Waals surface area contributed by atoms with Crippen molar-refractivity contribution in [1.82, 2.24) is 4.90 Å². The zero-order chi connectivity index (χ0) is 17.4. The molecule has 5 heteroatoms. The smallest absolute Gasteiger partial charge is 0.203 e. The molecule has 1 rings (SSSR count). The van der Waals surface area contributed by atoms with Gasteiger partial charge in [0.05, 0.1) is 27.4 Å². The highest BCUT2D eigenvalue weighted by Crippen LogP contribution is 2.38. The van der Waals surface area contributed by atoms with E-state index in [0.29, 0.717) is 17.2 Å². The van der Waals surface area contributed by atoms with Gasteiger partial charge in [0.25, 0.3) is 0 Å². The normalized spacial score (nSPS) is 13.7. The molecule has 0 saturated heterocycles. The monoisotopic (exact) mass is 325 g/mol. The Morgan fingerprint density at radius 3 is 1.96 bits per heavy atom. The number of rotatable bonds is 10. The van der Waals surface area contributed by atoms with E-state index in [1.54, 1.807) is 21.3 Å². The largest absolute Gasteiger partial charge is 0.493 e. The van der Waals surface area contributed by atoms with Gasteiger partial charge in [0.1, 0.15) is 0 Å². The van der Waals surface area contributed by atoms with E-state index in [-0.39, 0.29) is 12.1 Å². The van der Waals surface area contributed by atoms with Gasteiger partial charge < -0.3 is 24.2 Å². The molecule has 1 aromatic rings. The molecule has 132 valence electrons. The maximum absolute atomic E-state index is 10.1. The SMILES string of the molecule is CCC(O)C(CC)N(C)CCc1cc(OC)c(OC)c(OC)c1. The summed E-state index contributed by atoms with van der Waals surface area (Å²) in [5.41, 5.74) is 1.12. The van der Waals surface area contributed by atoms with Gasteiger partial charge in [-0.2, -0.15) is 0 Å². The van der Waals surface area contributed by atoms with Crippen LogP contribution in [0.2, 0.25) is 0 Å². The van der Waals surface area contributed by atoms with Crippen LogP contribution in [0.15, 0.2) is 12.1 Å². The van der Waals surface area contributed by atoms with Gasteiger partial charge in [0.15, 0.2) is 11.5 Å². The van der Waals surface area contributed by atoms with E-state index in [1.807, 2.05) is 19.1 Å². The summed E-state index contributed by atoms with van der Waals surface area (Å²) < 4.78 is 16.1. The number of aliphatic hydroxyl groups is 1. The molecule has 0 aliphatic heterocycles. The number of nitrogens with zero attached hydrogens (tertiary/aromatic N) is 1. The number of likely N-dealkylation sites (N-methyl/N-ethyl adjacent to an activating group) is 1. The van der Waals surface area contributed by atoms with Crippen LogP contribution in [-0.4, -0.2) is 57.1 Å². The summed E-state index contributed by atoms with van der Waals surface area (Å²) in [5, 5.41) is 10.1. The van der Waals surface area contributed by atoms with E-state index in [9.17, 15) is 5.11 Å². The molecular weight excluding hydrogens is 294 g/mol. The van der Waals surface area contributed by atoms with Crippen molar-refractivity contribution in [3.05, 3.63) is 17.7 Å². The molecule has 5 nitrogen and oxygen atoms in total. The molecular formula is C18H31NO4. The Hall–Kier alpha value is -1.46. The molecule has 1 N–H and O–H groups in total. The Balaban J connectivity index is 2.85. The number of methoxy groups -OCH3 is 3. The molecule has 0 aliphatic carbocycles. The average Bonchev–Trinajstić information content (AvgIpc) is 2.58. The van der Waals surface area contributed by atoms with Crippen molar-refractivity contribution >= 4 is 0 Å². The van der Waals surface area contributed by atoms with Crippen molar-refractivity contribution in [2.24, 2.45) is 0 Å². The standard InChI is InChI=1S/C18H31NO4/c1-7-14(15(20)8-2)19(3)10-9-13-11-16(21-4)18(23-6)17(12-13)22-5/h11-12,14-15,20H,7-10H2,1-6H3. The second kappa shape index (κ2) is 9.63. The van der Waals surface area contributed by atoms with Crippen LogP contribution < -0.4 is 14.2 Å². The zero-order valence-corrected chi connectivity index (χ0v) is 15.3. The second-order valence-electron chi connectivity index (χ2n) is 5.72. The lowest BCUT2D eigenvalue weighted by Crippen LogP contribution is -2.41. The maximum atomic E-state index is 10.1.